The van der Waals surface area contributed by atoms with Gasteiger partial charge in [-0.15, -0.1) is 11.3 Å². The fourth-order valence-corrected chi connectivity index (χ4v) is 2.81. The molecule has 1 atom stereocenters. The molecular weight excluding hydrogens is 274 g/mol. The molecule has 0 spiro atoms. The van der Waals surface area contributed by atoms with Crippen molar-refractivity contribution in [2.24, 2.45) is 10.9 Å². The van der Waals surface area contributed by atoms with E-state index in [1.165, 1.54) is 11.3 Å². The number of thiophene rings is 1. The van der Waals surface area contributed by atoms with E-state index < -0.39 is 5.54 Å². The average Bonchev–Trinajstić information content (AvgIpc) is 2.90. The van der Waals surface area contributed by atoms with Crippen LogP contribution in [-0.4, -0.2) is 22.5 Å². The van der Waals surface area contributed by atoms with Crippen molar-refractivity contribution in [1.82, 2.24) is 5.32 Å². The van der Waals surface area contributed by atoms with Gasteiger partial charge >= 0.3 is 0 Å². The highest BCUT2D eigenvalue weighted by molar-refractivity contribution is 7.20. The average molecular weight is 291 g/mol. The Kier molecular flexibility index (Phi) is 3.94. The van der Waals surface area contributed by atoms with Gasteiger partial charge in [0.15, 0.2) is 5.84 Å². The van der Waals surface area contributed by atoms with E-state index in [2.05, 4.69) is 10.5 Å². The monoisotopic (exact) mass is 291 g/mol. The molecular formula is C14H17N3O2S. The minimum Gasteiger partial charge on any atom is -0.409 e. The van der Waals surface area contributed by atoms with Crippen LogP contribution in [-0.2, 0) is 0 Å². The van der Waals surface area contributed by atoms with E-state index in [4.69, 9.17) is 10.9 Å². The molecule has 106 valence electrons. The highest BCUT2D eigenvalue weighted by Gasteiger charge is 2.30. The Hall–Kier alpha value is -2.08. The number of nitrogens with two attached hydrogens (primary N) is 1. The Bertz CT molecular complexity index is 632. The molecule has 0 radical (unpaired) electrons. The summed E-state index contributed by atoms with van der Waals surface area (Å²) in [6.07, 6.45) is 0.527. The van der Waals surface area contributed by atoms with Gasteiger partial charge in [-0.25, -0.2) is 0 Å². The lowest BCUT2D eigenvalue weighted by Crippen LogP contribution is -2.54. The lowest BCUT2D eigenvalue weighted by molar-refractivity contribution is 0.0929. The number of amidine groups is 1. The maximum absolute atomic E-state index is 12.3. The van der Waals surface area contributed by atoms with Crippen LogP contribution in [0.4, 0.5) is 0 Å². The number of fused-ring (bicyclic) bond motifs is 1. The lowest BCUT2D eigenvalue weighted by atomic mass is 9.97. The standard InChI is InChI=1S/C14H17N3O2S/c1-3-14(2,13(15)17-19)16-12(18)11-8-9-6-4-5-7-10(9)20-11/h4-8,19H,3H2,1-2H3,(H2,15,17)(H,16,18). The minimum absolute atomic E-state index is 0.00513. The third-order valence-electron chi connectivity index (χ3n) is 3.42. The zero-order chi connectivity index (χ0) is 14.8. The van der Waals surface area contributed by atoms with E-state index in [0.29, 0.717) is 11.3 Å². The fourth-order valence-electron chi connectivity index (χ4n) is 1.85. The highest BCUT2D eigenvalue weighted by atomic mass is 32.1. The van der Waals surface area contributed by atoms with E-state index >= 15 is 0 Å². The lowest BCUT2D eigenvalue weighted by Gasteiger charge is -2.27. The number of hydrogen-bond acceptors (Lipinski definition) is 4. The largest absolute Gasteiger partial charge is 0.409 e. The molecule has 5 nitrogen and oxygen atoms in total. The van der Waals surface area contributed by atoms with Crippen LogP contribution < -0.4 is 11.1 Å². The first-order valence-electron chi connectivity index (χ1n) is 6.29. The van der Waals surface area contributed by atoms with Gasteiger partial charge < -0.3 is 16.3 Å². The molecule has 6 heteroatoms. The van der Waals surface area contributed by atoms with Crippen LogP contribution in [0.25, 0.3) is 10.1 Å². The summed E-state index contributed by atoms with van der Waals surface area (Å²) in [5.74, 6) is -0.225. The van der Waals surface area contributed by atoms with Crippen molar-refractivity contribution in [3.63, 3.8) is 0 Å². The normalized spacial score (nSPS) is 15.0. The Morgan fingerprint density at radius 3 is 2.80 bits per heavy atom. The van der Waals surface area contributed by atoms with Gasteiger partial charge in [-0.3, -0.25) is 4.79 Å². The number of hydrogen-bond donors (Lipinski definition) is 3. The SMILES string of the molecule is CCC(C)(NC(=O)c1cc2ccccc2s1)C(N)=NO. The van der Waals surface area contributed by atoms with Gasteiger partial charge in [0.2, 0.25) is 0 Å². The smallest absolute Gasteiger partial charge is 0.262 e. The van der Waals surface area contributed by atoms with Crippen molar-refractivity contribution in [1.29, 1.82) is 0 Å². The zero-order valence-corrected chi connectivity index (χ0v) is 12.2. The summed E-state index contributed by atoms with van der Waals surface area (Å²) < 4.78 is 1.06. The molecule has 0 aliphatic carbocycles. The first kappa shape index (κ1) is 14.3. The summed E-state index contributed by atoms with van der Waals surface area (Å²) in [6.45, 7) is 3.59. The summed E-state index contributed by atoms with van der Waals surface area (Å²) in [5.41, 5.74) is 4.79. The topological polar surface area (TPSA) is 87.7 Å². The molecule has 1 aromatic carbocycles. The number of nitrogens with one attached hydrogen (secondary N) is 1. The summed E-state index contributed by atoms with van der Waals surface area (Å²) in [6, 6.07) is 9.65. The molecule has 1 heterocycles. The number of amides is 1. The quantitative estimate of drug-likeness (QED) is 0.350. The maximum atomic E-state index is 12.3. The summed E-state index contributed by atoms with van der Waals surface area (Å²) in [4.78, 5) is 12.9. The third kappa shape index (κ3) is 2.60. The van der Waals surface area contributed by atoms with Crippen molar-refractivity contribution in [2.45, 2.75) is 25.8 Å². The molecule has 20 heavy (non-hydrogen) atoms. The van der Waals surface area contributed by atoms with E-state index in [1.54, 1.807) is 6.92 Å². The van der Waals surface area contributed by atoms with E-state index in [-0.39, 0.29) is 11.7 Å². The number of rotatable bonds is 4. The predicted octanol–water partition coefficient (Wildman–Crippen LogP) is 2.55. The molecule has 1 amide bonds. The predicted molar refractivity (Wildman–Crippen MR) is 81.4 cm³/mol. The first-order chi connectivity index (χ1) is 9.50. The van der Waals surface area contributed by atoms with Gasteiger partial charge in [-0.05, 0) is 30.9 Å². The Morgan fingerprint density at radius 1 is 1.50 bits per heavy atom. The summed E-state index contributed by atoms with van der Waals surface area (Å²) >= 11 is 1.42. The van der Waals surface area contributed by atoms with E-state index in [9.17, 15) is 4.79 Å². The number of nitrogens with zero attached hydrogens (tertiary/aromatic N) is 1. The van der Waals surface area contributed by atoms with Crippen LogP contribution in [0.3, 0.4) is 0 Å². The summed E-state index contributed by atoms with van der Waals surface area (Å²) in [5, 5.41) is 15.7. The maximum Gasteiger partial charge on any atom is 0.262 e. The number of carbonyl (C=O) groups excluding carboxylic acids is 1. The molecule has 2 aromatic rings. The van der Waals surface area contributed by atoms with E-state index in [0.717, 1.165) is 10.1 Å². The number of benzene rings is 1. The van der Waals surface area contributed by atoms with Crippen LogP contribution in [0.1, 0.15) is 29.9 Å². The second-order valence-electron chi connectivity index (χ2n) is 4.77. The molecule has 0 bridgehead atoms. The van der Waals surface area contributed by atoms with Crippen LogP contribution in [0.15, 0.2) is 35.5 Å². The molecule has 4 N–H and O–H groups in total. The molecule has 2 rings (SSSR count). The number of oxime groups is 1. The molecule has 1 aromatic heterocycles. The molecule has 0 aliphatic heterocycles. The Labute approximate surface area is 121 Å². The molecule has 0 fully saturated rings. The van der Waals surface area contributed by atoms with Crippen LogP contribution in [0.5, 0.6) is 0 Å². The number of carbonyl (C=O) groups is 1. The zero-order valence-electron chi connectivity index (χ0n) is 11.4. The molecule has 0 saturated carbocycles. The van der Waals surface area contributed by atoms with Crippen molar-refractivity contribution in [3.8, 4) is 0 Å². The van der Waals surface area contributed by atoms with Crippen molar-refractivity contribution in [3.05, 3.63) is 35.2 Å². The first-order valence-corrected chi connectivity index (χ1v) is 7.11. The van der Waals surface area contributed by atoms with Gasteiger partial charge in [-0.2, -0.15) is 0 Å². The van der Waals surface area contributed by atoms with Gasteiger partial charge in [0.25, 0.3) is 5.91 Å². The van der Waals surface area contributed by atoms with Gasteiger partial charge in [0, 0.05) is 4.70 Å². The van der Waals surface area contributed by atoms with Crippen molar-refractivity contribution < 1.29 is 10.0 Å². The van der Waals surface area contributed by atoms with Crippen molar-refractivity contribution >= 4 is 33.2 Å². The second-order valence-corrected chi connectivity index (χ2v) is 5.86. The third-order valence-corrected chi connectivity index (χ3v) is 4.53. The van der Waals surface area contributed by atoms with Gasteiger partial charge in [-0.1, -0.05) is 30.3 Å². The van der Waals surface area contributed by atoms with E-state index in [1.807, 2.05) is 37.3 Å². The van der Waals surface area contributed by atoms with Crippen LogP contribution in [0.2, 0.25) is 0 Å². The second kappa shape index (κ2) is 5.50. The summed E-state index contributed by atoms with van der Waals surface area (Å²) in [7, 11) is 0. The minimum atomic E-state index is -0.859. The molecule has 0 saturated heterocycles. The van der Waals surface area contributed by atoms with Crippen LogP contribution >= 0.6 is 11.3 Å². The molecule has 1 unspecified atom stereocenters. The van der Waals surface area contributed by atoms with Gasteiger partial charge in [0.05, 0.1) is 10.4 Å². The highest BCUT2D eigenvalue weighted by Crippen LogP contribution is 2.25. The Balaban J connectivity index is 2.27. The van der Waals surface area contributed by atoms with Gasteiger partial charge in [0.1, 0.15) is 0 Å². The van der Waals surface area contributed by atoms with Crippen molar-refractivity contribution in [2.75, 3.05) is 0 Å². The molecule has 0 aliphatic rings. The van der Waals surface area contributed by atoms with Crippen LogP contribution in [0, 0.1) is 0 Å². The fraction of sp³-hybridized carbons (Fsp3) is 0.286. The Morgan fingerprint density at radius 2 is 2.20 bits per heavy atom.